The lowest BCUT2D eigenvalue weighted by atomic mass is 9.93. The van der Waals surface area contributed by atoms with Crippen LogP contribution in [0.5, 0.6) is 0 Å². The number of carbonyl (C=O) groups is 1. The molecule has 0 unspecified atom stereocenters. The first-order valence-corrected chi connectivity index (χ1v) is 7.30. The third kappa shape index (κ3) is 4.72. The maximum absolute atomic E-state index is 12.3. The van der Waals surface area contributed by atoms with E-state index in [0.717, 1.165) is 24.6 Å². The number of ketones is 1. The number of Topliss-reactive ketones (excluding diaryl/α,β-unsaturated/α-hetero) is 1. The second-order valence-electron chi connectivity index (χ2n) is 4.70. The van der Waals surface area contributed by atoms with Crippen molar-refractivity contribution in [3.05, 3.63) is 35.9 Å². The van der Waals surface area contributed by atoms with E-state index < -0.39 is 5.54 Å². The van der Waals surface area contributed by atoms with Crippen LogP contribution >= 0.6 is 0 Å². The van der Waals surface area contributed by atoms with Crippen molar-refractivity contribution in [1.82, 2.24) is 5.32 Å². The van der Waals surface area contributed by atoms with E-state index in [4.69, 9.17) is 4.43 Å². The van der Waals surface area contributed by atoms with Gasteiger partial charge in [-0.2, -0.15) is 0 Å². The van der Waals surface area contributed by atoms with Crippen LogP contribution in [0.15, 0.2) is 30.3 Å². The maximum atomic E-state index is 12.3. The van der Waals surface area contributed by atoms with E-state index in [2.05, 4.69) is 5.32 Å². The van der Waals surface area contributed by atoms with Gasteiger partial charge < -0.3 is 9.74 Å². The molecule has 0 heterocycles. The Hall–Kier alpha value is -0.973. The van der Waals surface area contributed by atoms with Gasteiger partial charge in [0.15, 0.2) is 5.78 Å². The SMILES string of the molecule is CO[Si]CCCNC(C)(C)C(=O)c1ccccc1. The molecule has 1 N–H and O–H groups in total. The third-order valence-corrected chi connectivity index (χ3v) is 3.62. The molecule has 0 aliphatic rings. The lowest BCUT2D eigenvalue weighted by molar-refractivity contribution is 0.0882. The van der Waals surface area contributed by atoms with Gasteiger partial charge in [-0.05, 0) is 32.9 Å². The van der Waals surface area contributed by atoms with Gasteiger partial charge in [0.1, 0.15) is 0 Å². The van der Waals surface area contributed by atoms with Crippen LogP contribution in [0.1, 0.15) is 30.6 Å². The molecule has 1 rings (SSSR count). The average molecular weight is 263 g/mol. The number of nitrogens with one attached hydrogen (secondary N) is 1. The van der Waals surface area contributed by atoms with E-state index in [1.807, 2.05) is 44.2 Å². The number of hydrogen-bond acceptors (Lipinski definition) is 3. The van der Waals surface area contributed by atoms with Gasteiger partial charge in [0.05, 0.1) is 5.54 Å². The molecule has 4 heteroatoms. The highest BCUT2D eigenvalue weighted by atomic mass is 28.2. The van der Waals surface area contributed by atoms with Crippen molar-refractivity contribution in [2.45, 2.75) is 31.9 Å². The van der Waals surface area contributed by atoms with Gasteiger partial charge in [0.25, 0.3) is 0 Å². The Kier molecular flexibility index (Phi) is 6.25. The van der Waals surface area contributed by atoms with Gasteiger partial charge in [0, 0.05) is 12.7 Å². The lowest BCUT2D eigenvalue weighted by Gasteiger charge is -2.25. The molecule has 1 aromatic carbocycles. The van der Waals surface area contributed by atoms with Crippen molar-refractivity contribution in [3.8, 4) is 0 Å². The Morgan fingerprint density at radius 1 is 1.33 bits per heavy atom. The average Bonchev–Trinajstić information content (AvgIpc) is 2.38. The predicted molar refractivity (Wildman–Crippen MR) is 75.0 cm³/mol. The summed E-state index contributed by atoms with van der Waals surface area (Å²) < 4.78 is 5.02. The van der Waals surface area contributed by atoms with Crippen molar-refractivity contribution in [1.29, 1.82) is 0 Å². The molecular weight excluding hydrogens is 242 g/mol. The fraction of sp³-hybridized carbons (Fsp3) is 0.500. The fourth-order valence-electron chi connectivity index (χ4n) is 1.69. The molecule has 1 aromatic rings. The highest BCUT2D eigenvalue weighted by Crippen LogP contribution is 2.12. The highest BCUT2D eigenvalue weighted by molar-refractivity contribution is 6.26. The summed E-state index contributed by atoms with van der Waals surface area (Å²) in [5.74, 6) is 0.136. The molecule has 3 nitrogen and oxygen atoms in total. The molecule has 0 bridgehead atoms. The van der Waals surface area contributed by atoms with Crippen molar-refractivity contribution in [2.24, 2.45) is 0 Å². The summed E-state index contributed by atoms with van der Waals surface area (Å²) in [7, 11) is 2.27. The Morgan fingerprint density at radius 3 is 2.61 bits per heavy atom. The van der Waals surface area contributed by atoms with Crippen molar-refractivity contribution >= 4 is 15.5 Å². The number of hydrogen-bond donors (Lipinski definition) is 1. The van der Waals surface area contributed by atoms with Crippen LogP contribution in [-0.4, -0.2) is 34.7 Å². The van der Waals surface area contributed by atoms with E-state index in [1.165, 1.54) is 0 Å². The predicted octanol–water partition coefficient (Wildman–Crippen LogP) is 2.31. The number of rotatable bonds is 8. The van der Waals surface area contributed by atoms with Crippen LogP contribution in [0.4, 0.5) is 0 Å². The van der Waals surface area contributed by atoms with Crippen LogP contribution in [0.3, 0.4) is 0 Å². The zero-order valence-corrected chi connectivity index (χ0v) is 12.3. The van der Waals surface area contributed by atoms with Crippen LogP contribution < -0.4 is 5.32 Å². The fourth-order valence-corrected chi connectivity index (χ4v) is 2.22. The van der Waals surface area contributed by atoms with E-state index in [1.54, 1.807) is 7.11 Å². The molecule has 98 valence electrons. The quantitative estimate of drug-likeness (QED) is 0.444. The summed E-state index contributed by atoms with van der Waals surface area (Å²) in [6.07, 6.45) is 1.03. The minimum atomic E-state index is -0.516. The number of benzene rings is 1. The molecule has 0 saturated heterocycles. The minimum Gasteiger partial charge on any atom is -0.421 e. The first-order valence-electron chi connectivity index (χ1n) is 6.18. The van der Waals surface area contributed by atoms with Gasteiger partial charge >= 0.3 is 0 Å². The second-order valence-corrected chi connectivity index (χ2v) is 5.90. The Bertz CT molecular complexity index is 365. The minimum absolute atomic E-state index is 0.136. The van der Waals surface area contributed by atoms with Crippen LogP contribution in [0, 0.1) is 0 Å². The molecule has 0 aliphatic carbocycles. The molecule has 0 aliphatic heterocycles. The summed E-state index contributed by atoms with van der Waals surface area (Å²) in [4.78, 5) is 12.3. The molecular formula is C14H21NO2Si. The first-order chi connectivity index (χ1) is 8.58. The molecule has 18 heavy (non-hydrogen) atoms. The van der Waals surface area contributed by atoms with Gasteiger partial charge in [-0.15, -0.1) is 0 Å². The van der Waals surface area contributed by atoms with Crippen molar-refractivity contribution in [3.63, 3.8) is 0 Å². The number of carbonyl (C=O) groups excluding carboxylic acids is 1. The lowest BCUT2D eigenvalue weighted by Crippen LogP contribution is -2.47. The highest BCUT2D eigenvalue weighted by Gasteiger charge is 2.27. The summed E-state index contributed by atoms with van der Waals surface area (Å²) in [6, 6.07) is 10.5. The summed E-state index contributed by atoms with van der Waals surface area (Å²) in [6.45, 7) is 4.70. The van der Waals surface area contributed by atoms with E-state index >= 15 is 0 Å². The molecule has 0 fully saturated rings. The first kappa shape index (κ1) is 15.1. The third-order valence-electron chi connectivity index (χ3n) is 2.77. The summed E-state index contributed by atoms with van der Waals surface area (Å²) in [5.41, 5.74) is 0.242. The summed E-state index contributed by atoms with van der Waals surface area (Å²) in [5, 5.41) is 3.32. The molecule has 0 aromatic heterocycles. The monoisotopic (exact) mass is 263 g/mol. The van der Waals surface area contributed by atoms with Crippen LogP contribution in [0.25, 0.3) is 0 Å². The smallest absolute Gasteiger partial charge is 0.229 e. The normalized spacial score (nSPS) is 11.5. The molecule has 0 saturated carbocycles. The van der Waals surface area contributed by atoms with Crippen molar-refractivity contribution < 1.29 is 9.22 Å². The standard InChI is InChI=1S/C14H21NO2Si/c1-14(2,15-10-7-11-18-17-3)13(16)12-8-5-4-6-9-12/h4-6,8-9,15H,7,10-11H2,1-3H3. The molecule has 0 spiro atoms. The Labute approximate surface area is 112 Å². The molecule has 0 amide bonds. The van der Waals surface area contributed by atoms with Crippen LogP contribution in [0.2, 0.25) is 6.04 Å². The second kappa shape index (κ2) is 7.46. The van der Waals surface area contributed by atoms with E-state index in [9.17, 15) is 4.79 Å². The van der Waals surface area contributed by atoms with Crippen molar-refractivity contribution in [2.75, 3.05) is 13.7 Å². The van der Waals surface area contributed by atoms with Crippen LogP contribution in [-0.2, 0) is 4.43 Å². The molecule has 0 atom stereocenters. The largest absolute Gasteiger partial charge is 0.421 e. The van der Waals surface area contributed by atoms with Gasteiger partial charge in [-0.25, -0.2) is 0 Å². The molecule has 2 radical (unpaired) electrons. The Morgan fingerprint density at radius 2 is 2.00 bits per heavy atom. The van der Waals surface area contributed by atoms with Gasteiger partial charge in [-0.3, -0.25) is 4.79 Å². The van der Waals surface area contributed by atoms with E-state index in [-0.39, 0.29) is 5.78 Å². The maximum Gasteiger partial charge on any atom is 0.229 e. The Balaban J connectivity index is 2.45. The zero-order valence-electron chi connectivity index (χ0n) is 11.3. The van der Waals surface area contributed by atoms with E-state index in [0.29, 0.717) is 9.76 Å². The summed E-state index contributed by atoms with van der Waals surface area (Å²) >= 11 is 0. The van der Waals surface area contributed by atoms with Gasteiger partial charge in [-0.1, -0.05) is 30.3 Å². The topological polar surface area (TPSA) is 38.3 Å². The zero-order chi connectivity index (χ0) is 13.4. The van der Waals surface area contributed by atoms with Gasteiger partial charge in [0.2, 0.25) is 9.76 Å².